The highest BCUT2D eigenvalue weighted by molar-refractivity contribution is 7.93. The van der Waals surface area contributed by atoms with E-state index in [1.54, 1.807) is 36.0 Å². The predicted octanol–water partition coefficient (Wildman–Crippen LogP) is 4.36. The van der Waals surface area contributed by atoms with E-state index in [-0.39, 0.29) is 29.4 Å². The minimum Gasteiger partial charge on any atom is -0.453 e. The van der Waals surface area contributed by atoms with Crippen LogP contribution in [-0.4, -0.2) is 66.2 Å². The zero-order valence-electron chi connectivity index (χ0n) is 24.5. The monoisotopic (exact) mass is 634 g/mol. The van der Waals surface area contributed by atoms with Gasteiger partial charge in [0.1, 0.15) is 5.82 Å². The molecule has 1 aromatic carbocycles. The standard InChI is InChI=1S/C29H36F2N6O6S/c1-36-25-16-32-26(13-24(25)37(28(36)39)22-4-3-19(12-22)34-27(38)42-2)33-20-9-18(17-5-7-43-8-6-17)10-21(11-20)35-44(40,41)23-14-29(30,31)15-23/h9-11,13,16-17,19,22-23,35H,3-8,12,14-15H2,1-2H3,(H,32,33)(H,34,38)/t19-,22-/m1/s1. The summed E-state index contributed by atoms with van der Waals surface area (Å²) in [5.41, 5.74) is 2.85. The number of alkyl halides is 2. The van der Waals surface area contributed by atoms with Crippen molar-refractivity contribution in [1.82, 2.24) is 19.4 Å². The smallest absolute Gasteiger partial charge is 0.407 e. The highest BCUT2D eigenvalue weighted by Gasteiger charge is 2.51. The van der Waals surface area contributed by atoms with Crippen molar-refractivity contribution < 1.29 is 31.5 Å². The van der Waals surface area contributed by atoms with Crippen LogP contribution in [0.25, 0.3) is 11.0 Å². The molecule has 238 valence electrons. The van der Waals surface area contributed by atoms with E-state index in [4.69, 9.17) is 9.47 Å². The normalized spacial score (nSPS) is 22.5. The van der Waals surface area contributed by atoms with Crippen molar-refractivity contribution >= 4 is 44.3 Å². The molecule has 3 aliphatic rings. The molecule has 2 atom stereocenters. The van der Waals surface area contributed by atoms with Gasteiger partial charge in [0.05, 0.1) is 35.3 Å². The average molecular weight is 635 g/mol. The summed E-state index contributed by atoms with van der Waals surface area (Å²) in [6.07, 6.45) is 3.20. The van der Waals surface area contributed by atoms with E-state index in [0.717, 1.165) is 18.4 Å². The summed E-state index contributed by atoms with van der Waals surface area (Å²) in [4.78, 5) is 29.5. The summed E-state index contributed by atoms with van der Waals surface area (Å²) in [6.45, 7) is 1.17. The second-order valence-corrected chi connectivity index (χ2v) is 13.9. The number of fused-ring (bicyclic) bond motifs is 1. The molecular formula is C29H36F2N6O6S. The second-order valence-electron chi connectivity index (χ2n) is 12.0. The molecule has 3 heterocycles. The Bertz CT molecular complexity index is 1730. The van der Waals surface area contributed by atoms with E-state index in [2.05, 4.69) is 20.3 Å². The number of nitrogens with one attached hydrogen (secondary N) is 3. The molecule has 6 rings (SSSR count). The van der Waals surface area contributed by atoms with Gasteiger partial charge in [-0.25, -0.2) is 31.8 Å². The Morgan fingerprint density at radius 2 is 1.80 bits per heavy atom. The summed E-state index contributed by atoms with van der Waals surface area (Å²) in [6, 6.07) is 6.81. The van der Waals surface area contributed by atoms with Crippen LogP contribution in [0, 0.1) is 0 Å². The number of amides is 1. The maximum Gasteiger partial charge on any atom is 0.407 e. The number of aromatic nitrogens is 3. The summed E-state index contributed by atoms with van der Waals surface area (Å²) < 4.78 is 68.7. The van der Waals surface area contributed by atoms with Gasteiger partial charge in [-0.15, -0.1) is 0 Å². The first-order valence-corrected chi connectivity index (χ1v) is 16.3. The Morgan fingerprint density at radius 1 is 1.07 bits per heavy atom. The molecule has 2 aliphatic carbocycles. The third-order valence-corrected chi connectivity index (χ3v) is 10.7. The molecule has 3 aromatic rings. The van der Waals surface area contributed by atoms with Crippen LogP contribution in [0.5, 0.6) is 0 Å². The number of nitrogens with zero attached hydrogens (tertiary/aromatic N) is 3. The Morgan fingerprint density at radius 3 is 2.50 bits per heavy atom. The van der Waals surface area contributed by atoms with Gasteiger partial charge in [0.2, 0.25) is 10.0 Å². The fourth-order valence-corrected chi connectivity index (χ4v) is 8.04. The van der Waals surface area contributed by atoms with E-state index >= 15 is 0 Å². The van der Waals surface area contributed by atoms with Gasteiger partial charge >= 0.3 is 11.8 Å². The topological polar surface area (TPSA) is 146 Å². The van der Waals surface area contributed by atoms with Gasteiger partial charge in [-0.2, -0.15) is 0 Å². The lowest BCUT2D eigenvalue weighted by Gasteiger charge is -2.34. The number of benzene rings is 1. The lowest BCUT2D eigenvalue weighted by atomic mass is 9.91. The molecule has 3 fully saturated rings. The number of carbonyl (C=O) groups is 1. The number of ether oxygens (including phenoxy) is 2. The molecule has 0 radical (unpaired) electrons. The molecule has 1 saturated heterocycles. The first-order valence-electron chi connectivity index (χ1n) is 14.7. The van der Waals surface area contributed by atoms with Crippen LogP contribution in [0.1, 0.15) is 62.5 Å². The van der Waals surface area contributed by atoms with Crippen LogP contribution < -0.4 is 21.0 Å². The zero-order valence-corrected chi connectivity index (χ0v) is 25.3. The first-order chi connectivity index (χ1) is 20.9. The van der Waals surface area contributed by atoms with Gasteiger partial charge in [-0.1, -0.05) is 0 Å². The van der Waals surface area contributed by atoms with Gasteiger partial charge in [0.15, 0.2) is 0 Å². The second kappa shape index (κ2) is 11.7. The lowest BCUT2D eigenvalue weighted by molar-refractivity contribution is -0.0684. The molecular weight excluding hydrogens is 598 g/mol. The molecule has 1 amide bonds. The summed E-state index contributed by atoms with van der Waals surface area (Å²) in [5, 5.41) is 4.93. The van der Waals surface area contributed by atoms with Gasteiger partial charge in [0, 0.05) is 56.9 Å². The van der Waals surface area contributed by atoms with Crippen molar-refractivity contribution in [3.05, 3.63) is 46.5 Å². The van der Waals surface area contributed by atoms with Gasteiger partial charge in [0.25, 0.3) is 5.92 Å². The highest BCUT2D eigenvalue weighted by Crippen LogP contribution is 2.42. The van der Waals surface area contributed by atoms with E-state index < -0.39 is 40.1 Å². The summed E-state index contributed by atoms with van der Waals surface area (Å²) >= 11 is 0. The summed E-state index contributed by atoms with van der Waals surface area (Å²) in [5.74, 6) is -2.39. The van der Waals surface area contributed by atoms with Crippen molar-refractivity contribution in [2.75, 3.05) is 30.4 Å². The molecule has 1 aliphatic heterocycles. The Hall–Kier alpha value is -3.72. The third-order valence-electron chi connectivity index (χ3n) is 8.93. The van der Waals surface area contributed by atoms with E-state index in [1.807, 2.05) is 6.07 Å². The first kappa shape index (κ1) is 30.3. The molecule has 2 aromatic heterocycles. The van der Waals surface area contributed by atoms with Crippen molar-refractivity contribution in [2.45, 2.75) is 74.1 Å². The molecule has 2 saturated carbocycles. The molecule has 0 bridgehead atoms. The van der Waals surface area contributed by atoms with Gasteiger partial charge in [-0.05, 0) is 61.8 Å². The fourth-order valence-electron chi connectivity index (χ4n) is 6.50. The van der Waals surface area contributed by atoms with Gasteiger partial charge < -0.3 is 20.1 Å². The van der Waals surface area contributed by atoms with Crippen molar-refractivity contribution in [3.63, 3.8) is 0 Å². The van der Waals surface area contributed by atoms with Crippen LogP contribution in [0.2, 0.25) is 0 Å². The van der Waals surface area contributed by atoms with Crippen LogP contribution in [0.15, 0.2) is 35.3 Å². The molecule has 12 nitrogen and oxygen atoms in total. The Kier molecular flexibility index (Phi) is 8.03. The summed E-state index contributed by atoms with van der Waals surface area (Å²) in [7, 11) is -1.02. The van der Waals surface area contributed by atoms with E-state index in [1.165, 1.54) is 11.7 Å². The number of halogens is 2. The zero-order chi connectivity index (χ0) is 31.2. The lowest BCUT2D eigenvalue weighted by Crippen LogP contribution is -2.46. The number of carbonyl (C=O) groups excluding carboxylic acids is 1. The molecule has 0 unspecified atom stereocenters. The molecule has 3 N–H and O–H groups in total. The SMILES string of the molecule is COC(=O)N[C@@H]1CC[C@@H](n2c(=O)n(C)c3cnc(Nc4cc(NS(=O)(=O)C5CC(F)(F)C5)cc(C5CCOCC5)c4)cc32)C1. The average Bonchev–Trinajstić information content (AvgIpc) is 3.52. The van der Waals surface area contributed by atoms with E-state index in [0.29, 0.717) is 55.0 Å². The maximum atomic E-state index is 13.5. The fraction of sp³-hybridized carbons (Fsp3) is 0.552. The number of imidazole rings is 1. The van der Waals surface area contributed by atoms with Crippen LogP contribution in [0.3, 0.4) is 0 Å². The largest absolute Gasteiger partial charge is 0.453 e. The van der Waals surface area contributed by atoms with Crippen molar-refractivity contribution in [2.24, 2.45) is 7.05 Å². The minimum absolute atomic E-state index is 0.115. The molecule has 44 heavy (non-hydrogen) atoms. The Labute approximate surface area is 253 Å². The third kappa shape index (κ3) is 6.11. The number of anilines is 3. The van der Waals surface area contributed by atoms with E-state index in [9.17, 15) is 26.8 Å². The number of aryl methyl sites for hydroxylation is 1. The molecule has 15 heteroatoms. The van der Waals surface area contributed by atoms with Gasteiger partial charge in [-0.3, -0.25) is 13.9 Å². The number of alkyl carbamates (subject to hydrolysis) is 1. The minimum atomic E-state index is -4.02. The number of methoxy groups -OCH3 is 1. The highest BCUT2D eigenvalue weighted by atomic mass is 32.2. The van der Waals surface area contributed by atoms with Crippen molar-refractivity contribution in [3.8, 4) is 0 Å². The van der Waals surface area contributed by atoms with Crippen LogP contribution in [-0.2, 0) is 26.5 Å². The number of rotatable bonds is 8. The number of pyridine rings is 1. The number of hydrogen-bond acceptors (Lipinski definition) is 8. The quantitative estimate of drug-likeness (QED) is 0.332. The van der Waals surface area contributed by atoms with Crippen molar-refractivity contribution in [1.29, 1.82) is 0 Å². The van der Waals surface area contributed by atoms with Crippen LogP contribution >= 0.6 is 0 Å². The van der Waals surface area contributed by atoms with Crippen LogP contribution in [0.4, 0.5) is 30.8 Å². The maximum absolute atomic E-state index is 13.5. The Balaban J connectivity index is 1.30. The predicted molar refractivity (Wildman–Crippen MR) is 160 cm³/mol. The number of hydrogen-bond donors (Lipinski definition) is 3. The molecule has 0 spiro atoms. The number of sulfonamides is 1.